The predicted molar refractivity (Wildman–Crippen MR) is 137 cm³/mol. The van der Waals surface area contributed by atoms with Gasteiger partial charge in [0.25, 0.3) is 0 Å². The molecule has 0 bridgehead atoms. The molecule has 8 nitrogen and oxygen atoms in total. The molecule has 8 heteroatoms. The standard InChI is InChI=1S/C28H37N3O5/c1-5-34-22-14-12-21(13-15-22)9-8-10-23(25-27(33)36-28(3,4)35-25)26(32)31-18-17-30(19-20(31)2)24-11-6-7-16-29-24/h6-7,11-16,20,23,25H,5,8-10,17-19H2,1-4H3/t20-,23-,25+/m1/s1. The first-order valence-corrected chi connectivity index (χ1v) is 12.9. The summed E-state index contributed by atoms with van der Waals surface area (Å²) < 4.78 is 16.9. The van der Waals surface area contributed by atoms with Gasteiger partial charge in [-0.25, -0.2) is 9.78 Å². The Bertz CT molecular complexity index is 1030. The van der Waals surface area contributed by atoms with Gasteiger partial charge in [-0.2, -0.15) is 0 Å². The van der Waals surface area contributed by atoms with E-state index in [1.54, 1.807) is 20.0 Å². The molecule has 1 aromatic carbocycles. The molecule has 0 N–H and O–H groups in total. The summed E-state index contributed by atoms with van der Waals surface area (Å²) in [5.74, 6) is -0.372. The lowest BCUT2D eigenvalue weighted by molar-refractivity contribution is -0.163. The van der Waals surface area contributed by atoms with Crippen LogP contribution in [0.3, 0.4) is 0 Å². The van der Waals surface area contributed by atoms with Gasteiger partial charge in [-0.3, -0.25) is 4.79 Å². The molecule has 2 aliphatic rings. The lowest BCUT2D eigenvalue weighted by Gasteiger charge is -2.42. The predicted octanol–water partition coefficient (Wildman–Crippen LogP) is 3.83. The Kier molecular flexibility index (Phi) is 8.14. The number of rotatable bonds is 9. The lowest BCUT2D eigenvalue weighted by atomic mass is 9.92. The minimum Gasteiger partial charge on any atom is -0.494 e. The number of amides is 1. The van der Waals surface area contributed by atoms with Crippen molar-refractivity contribution in [1.29, 1.82) is 0 Å². The number of benzene rings is 1. The van der Waals surface area contributed by atoms with Gasteiger partial charge in [-0.05, 0) is 62.9 Å². The average molecular weight is 496 g/mol. The molecule has 3 atom stereocenters. The van der Waals surface area contributed by atoms with E-state index in [1.807, 2.05) is 61.2 Å². The second-order valence-electron chi connectivity index (χ2n) is 9.95. The van der Waals surface area contributed by atoms with E-state index in [4.69, 9.17) is 14.2 Å². The molecule has 2 aliphatic heterocycles. The summed E-state index contributed by atoms with van der Waals surface area (Å²) in [7, 11) is 0. The highest BCUT2D eigenvalue weighted by Gasteiger charge is 2.49. The van der Waals surface area contributed by atoms with Gasteiger partial charge in [0.15, 0.2) is 6.10 Å². The molecule has 36 heavy (non-hydrogen) atoms. The second-order valence-corrected chi connectivity index (χ2v) is 9.95. The maximum atomic E-state index is 13.8. The van der Waals surface area contributed by atoms with E-state index in [0.717, 1.165) is 30.0 Å². The van der Waals surface area contributed by atoms with Crippen molar-refractivity contribution in [3.05, 3.63) is 54.2 Å². The topological polar surface area (TPSA) is 81.2 Å². The van der Waals surface area contributed by atoms with Crippen molar-refractivity contribution >= 4 is 17.7 Å². The van der Waals surface area contributed by atoms with E-state index in [1.165, 1.54) is 0 Å². The Balaban J connectivity index is 1.43. The van der Waals surface area contributed by atoms with Crippen molar-refractivity contribution < 1.29 is 23.8 Å². The van der Waals surface area contributed by atoms with Crippen molar-refractivity contribution in [3.63, 3.8) is 0 Å². The van der Waals surface area contributed by atoms with E-state index in [9.17, 15) is 9.59 Å². The van der Waals surface area contributed by atoms with Gasteiger partial charge in [-0.1, -0.05) is 18.2 Å². The van der Waals surface area contributed by atoms with Gasteiger partial charge in [0, 0.05) is 45.7 Å². The molecule has 1 amide bonds. The number of cyclic esters (lactones) is 1. The van der Waals surface area contributed by atoms with Crippen LogP contribution in [0.5, 0.6) is 5.75 Å². The quantitative estimate of drug-likeness (QED) is 0.489. The summed E-state index contributed by atoms with van der Waals surface area (Å²) in [4.78, 5) is 35.1. The van der Waals surface area contributed by atoms with Gasteiger partial charge < -0.3 is 24.0 Å². The van der Waals surface area contributed by atoms with Gasteiger partial charge in [0.05, 0.1) is 12.5 Å². The number of ether oxygens (including phenoxy) is 3. The van der Waals surface area contributed by atoms with Crippen LogP contribution in [-0.4, -0.2) is 65.9 Å². The highest BCUT2D eigenvalue weighted by atomic mass is 16.8. The zero-order valence-electron chi connectivity index (χ0n) is 21.7. The van der Waals surface area contributed by atoms with Crippen molar-refractivity contribution in [2.24, 2.45) is 5.92 Å². The summed E-state index contributed by atoms with van der Waals surface area (Å²) >= 11 is 0. The first-order valence-electron chi connectivity index (χ1n) is 12.9. The third-order valence-electron chi connectivity index (χ3n) is 6.77. The van der Waals surface area contributed by atoms with Crippen LogP contribution in [-0.2, 0) is 25.5 Å². The maximum Gasteiger partial charge on any atom is 0.338 e. The first-order chi connectivity index (χ1) is 17.3. The van der Waals surface area contributed by atoms with E-state index in [0.29, 0.717) is 32.7 Å². The fourth-order valence-electron chi connectivity index (χ4n) is 5.02. The highest BCUT2D eigenvalue weighted by molar-refractivity contribution is 5.88. The summed E-state index contributed by atoms with van der Waals surface area (Å²) in [5.41, 5.74) is 1.16. The Morgan fingerprint density at radius 1 is 1.19 bits per heavy atom. The molecule has 0 spiro atoms. The smallest absolute Gasteiger partial charge is 0.338 e. The number of hydrogen-bond donors (Lipinski definition) is 0. The number of aromatic nitrogens is 1. The number of pyridine rings is 1. The fraction of sp³-hybridized carbons (Fsp3) is 0.536. The zero-order valence-corrected chi connectivity index (χ0v) is 21.7. The lowest BCUT2D eigenvalue weighted by Crippen LogP contribution is -2.57. The van der Waals surface area contributed by atoms with Crippen LogP contribution in [0.2, 0.25) is 0 Å². The maximum absolute atomic E-state index is 13.8. The van der Waals surface area contributed by atoms with E-state index >= 15 is 0 Å². The van der Waals surface area contributed by atoms with Crippen LogP contribution >= 0.6 is 0 Å². The third kappa shape index (κ3) is 6.16. The molecular formula is C28H37N3O5. The van der Waals surface area contributed by atoms with Crippen LogP contribution < -0.4 is 9.64 Å². The van der Waals surface area contributed by atoms with Crippen LogP contribution in [0, 0.1) is 5.92 Å². The molecule has 194 valence electrons. The van der Waals surface area contributed by atoms with Crippen LogP contribution in [0.1, 0.15) is 46.1 Å². The van der Waals surface area contributed by atoms with Gasteiger partial charge in [0.2, 0.25) is 11.7 Å². The molecular weight excluding hydrogens is 458 g/mol. The molecule has 0 unspecified atom stereocenters. The summed E-state index contributed by atoms with van der Waals surface area (Å²) in [6, 6.07) is 13.8. The van der Waals surface area contributed by atoms with E-state index in [2.05, 4.69) is 9.88 Å². The third-order valence-corrected chi connectivity index (χ3v) is 6.77. The molecule has 0 saturated carbocycles. The van der Waals surface area contributed by atoms with Gasteiger partial charge in [-0.15, -0.1) is 0 Å². The highest BCUT2D eigenvalue weighted by Crippen LogP contribution is 2.32. The van der Waals surface area contributed by atoms with Gasteiger partial charge in [0.1, 0.15) is 11.6 Å². The molecule has 3 heterocycles. The minimum atomic E-state index is -1.03. The number of hydrogen-bond acceptors (Lipinski definition) is 7. The van der Waals surface area contributed by atoms with Crippen molar-refractivity contribution in [3.8, 4) is 5.75 Å². The SMILES string of the molecule is CCOc1ccc(CCC[C@@H](C(=O)N2CCN(c3ccccn3)C[C@H]2C)[C@@H]2OC(C)(C)OC2=O)cc1. The van der Waals surface area contributed by atoms with Crippen LogP contribution in [0.25, 0.3) is 0 Å². The Morgan fingerprint density at radius 2 is 1.97 bits per heavy atom. The Morgan fingerprint density at radius 3 is 2.58 bits per heavy atom. The number of anilines is 1. The molecule has 0 aliphatic carbocycles. The summed E-state index contributed by atoms with van der Waals surface area (Å²) in [5, 5.41) is 0. The number of carbonyl (C=O) groups is 2. The first kappa shape index (κ1) is 25.9. The molecule has 4 rings (SSSR count). The normalized spacial score (nSPS) is 22.3. The minimum absolute atomic E-state index is 0.0210. The van der Waals surface area contributed by atoms with Gasteiger partial charge >= 0.3 is 5.97 Å². The molecule has 2 saturated heterocycles. The second kappa shape index (κ2) is 11.3. The van der Waals surface area contributed by atoms with Crippen molar-refractivity contribution in [2.75, 3.05) is 31.1 Å². The Labute approximate surface area is 213 Å². The fourth-order valence-corrected chi connectivity index (χ4v) is 5.02. The molecule has 2 aromatic rings. The number of piperazine rings is 1. The van der Waals surface area contributed by atoms with E-state index < -0.39 is 23.8 Å². The Hall–Kier alpha value is -3.13. The summed E-state index contributed by atoms with van der Waals surface area (Å²) in [6.45, 7) is 9.99. The monoisotopic (exact) mass is 495 g/mol. The summed E-state index contributed by atoms with van der Waals surface area (Å²) in [6.07, 6.45) is 2.97. The zero-order chi connectivity index (χ0) is 25.7. The number of nitrogens with zero attached hydrogens (tertiary/aromatic N) is 3. The number of esters is 1. The van der Waals surface area contributed by atoms with Crippen LogP contribution in [0.15, 0.2) is 48.7 Å². The number of carbonyl (C=O) groups excluding carboxylic acids is 2. The van der Waals surface area contributed by atoms with Crippen molar-refractivity contribution in [2.45, 2.75) is 64.9 Å². The molecule has 1 aromatic heterocycles. The van der Waals surface area contributed by atoms with Crippen molar-refractivity contribution in [1.82, 2.24) is 9.88 Å². The number of aryl methyl sites for hydroxylation is 1. The van der Waals surface area contributed by atoms with E-state index in [-0.39, 0.29) is 11.9 Å². The molecule has 0 radical (unpaired) electrons. The average Bonchev–Trinajstić information content (AvgIpc) is 3.14. The largest absolute Gasteiger partial charge is 0.494 e. The molecule has 2 fully saturated rings. The van der Waals surface area contributed by atoms with Crippen LogP contribution in [0.4, 0.5) is 5.82 Å².